The highest BCUT2D eigenvalue weighted by Crippen LogP contribution is 2.19. The Morgan fingerprint density at radius 2 is 2.39 bits per heavy atom. The van der Waals surface area contributed by atoms with Crippen molar-refractivity contribution in [3.8, 4) is 0 Å². The van der Waals surface area contributed by atoms with Crippen LogP contribution in [0.5, 0.6) is 0 Å². The van der Waals surface area contributed by atoms with Crippen molar-refractivity contribution in [1.82, 2.24) is 14.5 Å². The molecule has 0 saturated carbocycles. The molecular formula is C13H21N3O2. The van der Waals surface area contributed by atoms with Crippen LogP contribution in [0.15, 0.2) is 12.5 Å². The molecule has 1 aromatic heterocycles. The smallest absolute Gasteiger partial charge is 0.307 e. The predicted octanol–water partition coefficient (Wildman–Crippen LogP) is 1.76. The van der Waals surface area contributed by atoms with E-state index in [2.05, 4.69) is 28.3 Å². The van der Waals surface area contributed by atoms with Crippen LogP contribution < -0.4 is 0 Å². The Labute approximate surface area is 107 Å². The Balaban J connectivity index is 2.00. The van der Waals surface area contributed by atoms with E-state index in [1.54, 1.807) is 0 Å². The maximum Gasteiger partial charge on any atom is 0.307 e. The van der Waals surface area contributed by atoms with Gasteiger partial charge in [-0.15, -0.1) is 0 Å². The van der Waals surface area contributed by atoms with E-state index in [4.69, 9.17) is 5.11 Å². The Kier molecular flexibility index (Phi) is 4.01. The van der Waals surface area contributed by atoms with Gasteiger partial charge in [0.2, 0.25) is 0 Å². The minimum absolute atomic E-state index is 0.214. The molecule has 1 aliphatic heterocycles. The van der Waals surface area contributed by atoms with E-state index in [1.165, 1.54) is 0 Å². The first-order valence-corrected chi connectivity index (χ1v) is 6.53. The second-order valence-corrected chi connectivity index (χ2v) is 5.30. The number of carbonyl (C=O) groups is 1. The lowest BCUT2D eigenvalue weighted by molar-refractivity contribution is -0.143. The molecule has 2 heterocycles. The van der Waals surface area contributed by atoms with Crippen molar-refractivity contribution >= 4 is 5.97 Å². The molecule has 0 spiro atoms. The molecule has 5 nitrogen and oxygen atoms in total. The zero-order valence-corrected chi connectivity index (χ0v) is 11.0. The van der Waals surface area contributed by atoms with Crippen LogP contribution >= 0.6 is 0 Å². The summed E-state index contributed by atoms with van der Waals surface area (Å²) in [5.41, 5.74) is 1.16. The quantitative estimate of drug-likeness (QED) is 0.886. The van der Waals surface area contributed by atoms with Gasteiger partial charge in [-0.05, 0) is 33.2 Å². The normalized spacial score (nSPS) is 21.4. The summed E-state index contributed by atoms with van der Waals surface area (Å²) in [7, 11) is 0. The van der Waals surface area contributed by atoms with Gasteiger partial charge in [-0.25, -0.2) is 4.98 Å². The number of imidazole rings is 1. The molecule has 1 fully saturated rings. The van der Waals surface area contributed by atoms with Gasteiger partial charge in [0.25, 0.3) is 0 Å². The van der Waals surface area contributed by atoms with Crippen molar-refractivity contribution < 1.29 is 9.90 Å². The van der Waals surface area contributed by atoms with Crippen molar-refractivity contribution in [2.45, 2.75) is 39.3 Å². The first-order valence-electron chi connectivity index (χ1n) is 6.53. The number of hydrogen-bond donors (Lipinski definition) is 1. The fourth-order valence-electron chi connectivity index (χ4n) is 2.55. The predicted molar refractivity (Wildman–Crippen MR) is 68.2 cm³/mol. The summed E-state index contributed by atoms with van der Waals surface area (Å²) >= 11 is 0. The highest BCUT2D eigenvalue weighted by Gasteiger charge is 2.25. The van der Waals surface area contributed by atoms with Gasteiger partial charge in [0.15, 0.2) is 0 Å². The molecule has 100 valence electrons. The summed E-state index contributed by atoms with van der Waals surface area (Å²) in [5.74, 6) is -0.883. The topological polar surface area (TPSA) is 58.4 Å². The zero-order chi connectivity index (χ0) is 13.1. The highest BCUT2D eigenvalue weighted by molar-refractivity contribution is 5.70. The Morgan fingerprint density at radius 1 is 1.61 bits per heavy atom. The molecule has 1 aromatic rings. The molecule has 0 aromatic carbocycles. The SMILES string of the molecule is CC(C)n1cncc1CN1CCC[C@@H](C(=O)O)C1. The fourth-order valence-corrected chi connectivity index (χ4v) is 2.55. The molecular weight excluding hydrogens is 230 g/mol. The maximum atomic E-state index is 11.0. The molecule has 0 amide bonds. The van der Waals surface area contributed by atoms with Crippen LogP contribution in [0.25, 0.3) is 0 Å². The van der Waals surface area contributed by atoms with E-state index < -0.39 is 5.97 Å². The van der Waals surface area contributed by atoms with Crippen molar-refractivity contribution in [2.24, 2.45) is 5.92 Å². The van der Waals surface area contributed by atoms with E-state index in [9.17, 15) is 4.79 Å². The number of rotatable bonds is 4. The zero-order valence-electron chi connectivity index (χ0n) is 11.0. The van der Waals surface area contributed by atoms with Gasteiger partial charge >= 0.3 is 5.97 Å². The Morgan fingerprint density at radius 3 is 3.06 bits per heavy atom. The second kappa shape index (κ2) is 5.52. The van der Waals surface area contributed by atoms with E-state index in [0.717, 1.165) is 31.6 Å². The molecule has 1 saturated heterocycles. The second-order valence-electron chi connectivity index (χ2n) is 5.30. The number of aliphatic carboxylic acids is 1. The van der Waals surface area contributed by atoms with Crippen LogP contribution in [-0.4, -0.2) is 38.6 Å². The van der Waals surface area contributed by atoms with Gasteiger partial charge in [-0.1, -0.05) is 0 Å². The number of hydrogen-bond acceptors (Lipinski definition) is 3. The van der Waals surface area contributed by atoms with Crippen LogP contribution in [0.1, 0.15) is 38.4 Å². The van der Waals surface area contributed by atoms with Crippen LogP contribution in [0.4, 0.5) is 0 Å². The minimum Gasteiger partial charge on any atom is -0.481 e. The first kappa shape index (κ1) is 13.1. The van der Waals surface area contributed by atoms with Crippen LogP contribution in [0.2, 0.25) is 0 Å². The largest absolute Gasteiger partial charge is 0.481 e. The summed E-state index contributed by atoms with van der Waals surface area (Å²) in [6, 6.07) is 0.391. The molecule has 0 radical (unpaired) electrons. The number of piperidine rings is 1. The summed E-state index contributed by atoms with van der Waals surface area (Å²) in [6.45, 7) is 6.68. The molecule has 5 heteroatoms. The number of carboxylic acids is 1. The average Bonchev–Trinajstić information content (AvgIpc) is 2.77. The molecule has 1 aliphatic rings. The van der Waals surface area contributed by atoms with Crippen molar-refractivity contribution in [1.29, 1.82) is 0 Å². The number of carboxylic acid groups (broad SMARTS) is 1. The highest BCUT2D eigenvalue weighted by atomic mass is 16.4. The minimum atomic E-state index is -0.669. The van der Waals surface area contributed by atoms with Crippen LogP contribution in [-0.2, 0) is 11.3 Å². The van der Waals surface area contributed by atoms with Crippen molar-refractivity contribution in [3.05, 3.63) is 18.2 Å². The standard InChI is InChI=1S/C13H21N3O2/c1-10(2)16-9-14-6-12(16)8-15-5-3-4-11(7-15)13(17)18/h6,9-11H,3-5,7-8H2,1-2H3,(H,17,18)/t11-/m1/s1. The van der Waals surface area contributed by atoms with Gasteiger partial charge in [0.05, 0.1) is 17.9 Å². The van der Waals surface area contributed by atoms with Gasteiger partial charge in [0.1, 0.15) is 0 Å². The molecule has 18 heavy (non-hydrogen) atoms. The molecule has 0 bridgehead atoms. The Bertz CT molecular complexity index is 414. The molecule has 2 rings (SSSR count). The van der Waals surface area contributed by atoms with E-state index in [-0.39, 0.29) is 5.92 Å². The summed E-state index contributed by atoms with van der Waals surface area (Å²) < 4.78 is 2.14. The number of likely N-dealkylation sites (tertiary alicyclic amines) is 1. The van der Waals surface area contributed by atoms with Crippen LogP contribution in [0.3, 0.4) is 0 Å². The lowest BCUT2D eigenvalue weighted by Gasteiger charge is -2.30. The number of aromatic nitrogens is 2. The number of nitrogens with zero attached hydrogens (tertiary/aromatic N) is 3. The first-order chi connectivity index (χ1) is 8.58. The Hall–Kier alpha value is -1.36. The summed E-state index contributed by atoms with van der Waals surface area (Å²) in [6.07, 6.45) is 5.49. The van der Waals surface area contributed by atoms with E-state index in [1.807, 2.05) is 12.5 Å². The average molecular weight is 251 g/mol. The van der Waals surface area contributed by atoms with Crippen LogP contribution in [0, 0.1) is 5.92 Å². The van der Waals surface area contributed by atoms with Gasteiger partial charge in [-0.3, -0.25) is 9.69 Å². The molecule has 1 atom stereocenters. The summed E-state index contributed by atoms with van der Waals surface area (Å²) in [4.78, 5) is 17.4. The third-order valence-electron chi connectivity index (χ3n) is 3.54. The monoisotopic (exact) mass is 251 g/mol. The molecule has 0 aliphatic carbocycles. The molecule has 0 unspecified atom stereocenters. The maximum absolute atomic E-state index is 11.0. The third kappa shape index (κ3) is 2.90. The van der Waals surface area contributed by atoms with Gasteiger partial charge in [-0.2, -0.15) is 0 Å². The lowest BCUT2D eigenvalue weighted by Crippen LogP contribution is -2.38. The van der Waals surface area contributed by atoms with Gasteiger partial charge in [0, 0.05) is 25.3 Å². The van der Waals surface area contributed by atoms with Gasteiger partial charge < -0.3 is 9.67 Å². The third-order valence-corrected chi connectivity index (χ3v) is 3.54. The molecule has 1 N–H and O–H groups in total. The van der Waals surface area contributed by atoms with E-state index >= 15 is 0 Å². The fraction of sp³-hybridized carbons (Fsp3) is 0.692. The lowest BCUT2D eigenvalue weighted by atomic mass is 9.98. The summed E-state index contributed by atoms with van der Waals surface area (Å²) in [5, 5.41) is 9.08. The van der Waals surface area contributed by atoms with E-state index in [0.29, 0.717) is 12.6 Å². The van der Waals surface area contributed by atoms with Crippen molar-refractivity contribution in [3.63, 3.8) is 0 Å². The van der Waals surface area contributed by atoms with Crippen molar-refractivity contribution in [2.75, 3.05) is 13.1 Å².